The first-order valence-corrected chi connectivity index (χ1v) is 7.96. The Morgan fingerprint density at radius 2 is 2.27 bits per heavy atom. The number of rotatable bonds is 5. The standard InChI is InChI=1S/C14H21N7O5/c1-3-25-10-7-9(18-12(15)19-10)21(5-17-7)11-14(2,20-13(16)24)8(23)6(4-22)26-11/h5-6,8,11,22-23H,3-4H2,1-2H3,(H2,15,18,19)(H3,16,20,24)/t6-,8-,11-,14-/m1/s1. The molecule has 0 radical (unpaired) electrons. The third-order valence-corrected chi connectivity index (χ3v) is 4.30. The van der Waals surface area contributed by atoms with Gasteiger partial charge in [0.2, 0.25) is 11.8 Å². The van der Waals surface area contributed by atoms with Gasteiger partial charge < -0.3 is 36.5 Å². The zero-order chi connectivity index (χ0) is 19.1. The Balaban J connectivity index is 2.13. The maximum Gasteiger partial charge on any atom is 0.312 e. The summed E-state index contributed by atoms with van der Waals surface area (Å²) >= 11 is 0. The molecule has 2 aromatic heterocycles. The van der Waals surface area contributed by atoms with Crippen LogP contribution < -0.4 is 21.5 Å². The number of hydrogen-bond donors (Lipinski definition) is 5. The van der Waals surface area contributed by atoms with Crippen molar-refractivity contribution >= 4 is 23.1 Å². The molecule has 0 spiro atoms. The van der Waals surface area contributed by atoms with E-state index in [1.165, 1.54) is 10.9 Å². The van der Waals surface area contributed by atoms with Gasteiger partial charge in [-0.2, -0.15) is 9.97 Å². The van der Waals surface area contributed by atoms with E-state index in [9.17, 15) is 15.0 Å². The van der Waals surface area contributed by atoms with Gasteiger partial charge in [-0.3, -0.25) is 4.57 Å². The first-order chi connectivity index (χ1) is 12.3. The van der Waals surface area contributed by atoms with Crippen LogP contribution >= 0.6 is 0 Å². The van der Waals surface area contributed by atoms with E-state index in [1.54, 1.807) is 13.8 Å². The minimum absolute atomic E-state index is 0.0375. The number of ether oxygens (including phenoxy) is 2. The lowest BCUT2D eigenvalue weighted by Crippen LogP contribution is -2.58. The molecule has 0 unspecified atom stereocenters. The molecule has 26 heavy (non-hydrogen) atoms. The number of anilines is 1. The number of carbonyl (C=O) groups is 1. The highest BCUT2D eigenvalue weighted by atomic mass is 16.5. The summed E-state index contributed by atoms with van der Waals surface area (Å²) in [4.78, 5) is 23.9. The van der Waals surface area contributed by atoms with Crippen LogP contribution in [0.15, 0.2) is 6.33 Å². The summed E-state index contributed by atoms with van der Waals surface area (Å²) in [5.74, 6) is 0.167. The number of fused-ring (bicyclic) bond motifs is 1. The van der Waals surface area contributed by atoms with E-state index in [0.717, 1.165) is 0 Å². The zero-order valence-corrected chi connectivity index (χ0v) is 14.3. The Morgan fingerprint density at radius 3 is 2.88 bits per heavy atom. The molecule has 7 N–H and O–H groups in total. The van der Waals surface area contributed by atoms with Gasteiger partial charge in [0, 0.05) is 0 Å². The van der Waals surface area contributed by atoms with Crippen LogP contribution in [0.3, 0.4) is 0 Å². The SMILES string of the molecule is CCOc1nc(N)nc2c1ncn2[C@@H]1O[C@H](CO)[C@@H](O)[C@@]1(C)NC(N)=O. The van der Waals surface area contributed by atoms with E-state index < -0.39 is 36.6 Å². The lowest BCUT2D eigenvalue weighted by molar-refractivity contribution is -0.0463. The molecule has 0 saturated carbocycles. The van der Waals surface area contributed by atoms with Crippen molar-refractivity contribution < 1.29 is 24.5 Å². The lowest BCUT2D eigenvalue weighted by Gasteiger charge is -2.33. The lowest BCUT2D eigenvalue weighted by atomic mass is 9.92. The van der Waals surface area contributed by atoms with Gasteiger partial charge in [-0.15, -0.1) is 0 Å². The number of aromatic nitrogens is 4. The van der Waals surface area contributed by atoms with Crippen LogP contribution in [-0.2, 0) is 4.74 Å². The molecule has 1 fully saturated rings. The number of nitrogen functional groups attached to an aromatic ring is 1. The molecule has 2 aromatic rings. The van der Waals surface area contributed by atoms with Gasteiger partial charge in [0.15, 0.2) is 17.4 Å². The molecule has 3 rings (SSSR count). The number of hydrogen-bond acceptors (Lipinski definition) is 9. The maximum atomic E-state index is 11.5. The van der Waals surface area contributed by atoms with Crippen molar-refractivity contribution in [1.82, 2.24) is 24.8 Å². The normalized spacial score (nSPS) is 28.4. The fraction of sp³-hybridized carbons (Fsp3) is 0.571. The van der Waals surface area contributed by atoms with Gasteiger partial charge >= 0.3 is 6.03 Å². The molecule has 0 aliphatic carbocycles. The van der Waals surface area contributed by atoms with Crippen molar-refractivity contribution in [3.8, 4) is 5.88 Å². The van der Waals surface area contributed by atoms with Crippen molar-refractivity contribution in [2.24, 2.45) is 5.73 Å². The number of aliphatic hydroxyl groups is 2. The number of aliphatic hydroxyl groups excluding tert-OH is 2. The minimum Gasteiger partial charge on any atom is -0.476 e. The smallest absolute Gasteiger partial charge is 0.312 e. The van der Waals surface area contributed by atoms with Gasteiger partial charge in [-0.05, 0) is 13.8 Å². The number of imidazole rings is 1. The summed E-state index contributed by atoms with van der Waals surface area (Å²) in [6.45, 7) is 3.23. The molecule has 1 saturated heterocycles. The maximum absolute atomic E-state index is 11.5. The topological polar surface area (TPSA) is 184 Å². The average Bonchev–Trinajstić information content (AvgIpc) is 3.07. The number of carbonyl (C=O) groups excluding carboxylic acids is 1. The molecular weight excluding hydrogens is 346 g/mol. The first kappa shape index (κ1) is 18.1. The van der Waals surface area contributed by atoms with Crippen LogP contribution in [0, 0.1) is 0 Å². The van der Waals surface area contributed by atoms with E-state index >= 15 is 0 Å². The highest BCUT2D eigenvalue weighted by Gasteiger charge is 2.55. The number of primary amides is 1. The summed E-state index contributed by atoms with van der Waals surface area (Å²) < 4.78 is 12.6. The first-order valence-electron chi connectivity index (χ1n) is 7.96. The third-order valence-electron chi connectivity index (χ3n) is 4.30. The van der Waals surface area contributed by atoms with Gasteiger partial charge in [0.25, 0.3) is 0 Å². The second-order valence-corrected chi connectivity index (χ2v) is 6.07. The van der Waals surface area contributed by atoms with Crippen LogP contribution in [-0.4, -0.2) is 66.7 Å². The molecule has 1 aliphatic heterocycles. The van der Waals surface area contributed by atoms with Gasteiger partial charge in [-0.25, -0.2) is 9.78 Å². The van der Waals surface area contributed by atoms with Gasteiger partial charge in [-0.1, -0.05) is 0 Å². The molecule has 3 heterocycles. The molecule has 2 amide bonds. The molecule has 142 valence electrons. The second-order valence-electron chi connectivity index (χ2n) is 6.07. The monoisotopic (exact) mass is 367 g/mol. The third kappa shape index (κ3) is 2.77. The van der Waals surface area contributed by atoms with Crippen molar-refractivity contribution in [2.45, 2.75) is 37.8 Å². The molecule has 0 aromatic carbocycles. The molecule has 0 bridgehead atoms. The van der Waals surface area contributed by atoms with Crippen molar-refractivity contribution in [2.75, 3.05) is 18.9 Å². The van der Waals surface area contributed by atoms with Crippen LogP contribution in [0.2, 0.25) is 0 Å². The van der Waals surface area contributed by atoms with Crippen LogP contribution in [0.4, 0.5) is 10.7 Å². The summed E-state index contributed by atoms with van der Waals surface area (Å²) in [6.07, 6.45) is -1.73. The Hall–Kier alpha value is -2.70. The highest BCUT2D eigenvalue weighted by molar-refractivity contribution is 5.78. The Labute approximate surface area is 148 Å². The van der Waals surface area contributed by atoms with E-state index in [-0.39, 0.29) is 17.5 Å². The Bertz CT molecular complexity index is 827. The summed E-state index contributed by atoms with van der Waals surface area (Å²) in [7, 11) is 0. The predicted molar refractivity (Wildman–Crippen MR) is 89.0 cm³/mol. The molecule has 4 atom stereocenters. The number of nitrogens with zero attached hydrogens (tertiary/aromatic N) is 4. The fourth-order valence-electron chi connectivity index (χ4n) is 3.13. The second kappa shape index (κ2) is 6.55. The van der Waals surface area contributed by atoms with E-state index in [0.29, 0.717) is 12.1 Å². The quantitative estimate of drug-likeness (QED) is 0.419. The molecule has 12 nitrogen and oxygen atoms in total. The fourth-order valence-corrected chi connectivity index (χ4v) is 3.13. The van der Waals surface area contributed by atoms with Crippen molar-refractivity contribution in [3.63, 3.8) is 0 Å². The van der Waals surface area contributed by atoms with E-state index in [2.05, 4.69) is 20.3 Å². The highest BCUT2D eigenvalue weighted by Crippen LogP contribution is 2.40. The number of amides is 2. The largest absolute Gasteiger partial charge is 0.476 e. The number of nitrogens with two attached hydrogens (primary N) is 2. The predicted octanol–water partition coefficient (Wildman–Crippen LogP) is -1.52. The average molecular weight is 367 g/mol. The zero-order valence-electron chi connectivity index (χ0n) is 14.3. The number of nitrogens with one attached hydrogen (secondary N) is 1. The molecule has 1 aliphatic rings. The van der Waals surface area contributed by atoms with Crippen molar-refractivity contribution in [3.05, 3.63) is 6.33 Å². The van der Waals surface area contributed by atoms with Crippen LogP contribution in [0.25, 0.3) is 11.2 Å². The number of urea groups is 1. The Kier molecular flexibility index (Phi) is 4.56. The Morgan fingerprint density at radius 1 is 1.54 bits per heavy atom. The van der Waals surface area contributed by atoms with Gasteiger partial charge in [0.1, 0.15) is 17.7 Å². The van der Waals surface area contributed by atoms with Crippen molar-refractivity contribution in [1.29, 1.82) is 0 Å². The summed E-state index contributed by atoms with van der Waals surface area (Å²) in [6, 6.07) is -0.854. The van der Waals surface area contributed by atoms with Crippen LogP contribution in [0.1, 0.15) is 20.1 Å². The van der Waals surface area contributed by atoms with E-state index in [1.807, 2.05) is 0 Å². The van der Waals surface area contributed by atoms with E-state index in [4.69, 9.17) is 20.9 Å². The van der Waals surface area contributed by atoms with Gasteiger partial charge in [0.05, 0.1) is 19.5 Å². The summed E-state index contributed by atoms with van der Waals surface area (Å²) in [5.41, 5.74) is 10.3. The minimum atomic E-state index is -1.35. The molecular formula is C14H21N7O5. The molecule has 12 heteroatoms. The summed E-state index contributed by atoms with van der Waals surface area (Å²) in [5, 5.41) is 22.5. The van der Waals surface area contributed by atoms with Crippen LogP contribution in [0.5, 0.6) is 5.88 Å².